The minimum Gasteiger partial charge on any atom is -0.481 e. The number of hydrogen-bond acceptors (Lipinski definition) is 6. The number of aliphatic carboxylic acids is 1. The van der Waals surface area contributed by atoms with E-state index in [1.54, 1.807) is 36.9 Å². The van der Waals surface area contributed by atoms with Crippen LogP contribution >= 0.6 is 0 Å². The molecule has 1 spiro atoms. The molecule has 9 nitrogen and oxygen atoms in total. The number of ether oxygens (including phenoxy) is 1. The molecule has 0 aliphatic heterocycles. The molecular formula is C26H24F3N5O4. The molecule has 0 saturated heterocycles. The van der Waals surface area contributed by atoms with Crippen molar-refractivity contribution in [3.8, 4) is 17.7 Å². The highest BCUT2D eigenvalue weighted by molar-refractivity contribution is 6.07. The van der Waals surface area contributed by atoms with Crippen LogP contribution in [0.4, 0.5) is 13.2 Å². The normalized spacial score (nSPS) is 23.1. The summed E-state index contributed by atoms with van der Waals surface area (Å²) in [5, 5.41) is 17.3. The van der Waals surface area contributed by atoms with Crippen molar-refractivity contribution < 1.29 is 32.6 Å². The second-order valence-corrected chi connectivity index (χ2v) is 9.91. The lowest BCUT2D eigenvalue weighted by atomic mass is 9.50. The Morgan fingerprint density at radius 1 is 1.18 bits per heavy atom. The third kappa shape index (κ3) is 4.76. The fourth-order valence-electron chi connectivity index (χ4n) is 5.57. The van der Waals surface area contributed by atoms with Crippen LogP contribution in [0.15, 0.2) is 30.7 Å². The molecule has 0 radical (unpaired) electrons. The van der Waals surface area contributed by atoms with Gasteiger partial charge in [-0.3, -0.25) is 19.3 Å². The molecule has 198 valence electrons. The van der Waals surface area contributed by atoms with Crippen molar-refractivity contribution >= 4 is 22.8 Å². The first-order valence-corrected chi connectivity index (χ1v) is 12.0. The van der Waals surface area contributed by atoms with Gasteiger partial charge in [-0.25, -0.2) is 4.98 Å². The van der Waals surface area contributed by atoms with Gasteiger partial charge in [-0.1, -0.05) is 5.92 Å². The number of halogens is 3. The topological polar surface area (TPSA) is 119 Å². The summed E-state index contributed by atoms with van der Waals surface area (Å²) in [5.41, 5.74) is 1.88. The van der Waals surface area contributed by atoms with Gasteiger partial charge < -0.3 is 15.2 Å². The quantitative estimate of drug-likeness (QED) is 0.464. The highest BCUT2D eigenvalue weighted by atomic mass is 19.4. The molecule has 1 aromatic carbocycles. The molecule has 2 aliphatic rings. The predicted molar refractivity (Wildman–Crippen MR) is 128 cm³/mol. The smallest absolute Gasteiger partial charge is 0.481 e. The van der Waals surface area contributed by atoms with E-state index in [2.05, 4.69) is 37.0 Å². The van der Waals surface area contributed by atoms with E-state index in [9.17, 15) is 22.8 Å². The van der Waals surface area contributed by atoms with Gasteiger partial charge in [-0.05, 0) is 57.1 Å². The van der Waals surface area contributed by atoms with Gasteiger partial charge in [0.1, 0.15) is 0 Å². The van der Waals surface area contributed by atoms with E-state index in [0.29, 0.717) is 40.6 Å². The molecule has 38 heavy (non-hydrogen) atoms. The highest BCUT2D eigenvalue weighted by Gasteiger charge is 2.55. The number of carboxylic acids is 1. The monoisotopic (exact) mass is 527 g/mol. The number of benzene rings is 1. The van der Waals surface area contributed by atoms with E-state index in [-0.39, 0.29) is 23.3 Å². The lowest BCUT2D eigenvalue weighted by Gasteiger charge is -2.56. The number of nitrogens with one attached hydrogen (secondary N) is 1. The molecule has 1 amide bonds. The van der Waals surface area contributed by atoms with Crippen LogP contribution in [0.3, 0.4) is 0 Å². The summed E-state index contributed by atoms with van der Waals surface area (Å²) in [6.45, 7) is 3.44. The maximum Gasteiger partial charge on any atom is 0.574 e. The first-order valence-electron chi connectivity index (χ1n) is 12.0. The van der Waals surface area contributed by atoms with E-state index in [1.807, 2.05) is 0 Å². The second-order valence-electron chi connectivity index (χ2n) is 9.91. The van der Waals surface area contributed by atoms with Gasteiger partial charge in [0.2, 0.25) is 5.88 Å². The van der Waals surface area contributed by atoms with Crippen LogP contribution in [0.2, 0.25) is 0 Å². The zero-order valence-electron chi connectivity index (χ0n) is 20.5. The van der Waals surface area contributed by atoms with Crippen molar-refractivity contribution in [2.45, 2.75) is 58.0 Å². The van der Waals surface area contributed by atoms with Gasteiger partial charge >= 0.3 is 12.3 Å². The lowest BCUT2D eigenvalue weighted by molar-refractivity contribution is -0.276. The molecule has 2 N–H and O–H groups in total. The Labute approximate surface area is 215 Å². The number of aromatic nitrogens is 4. The first kappa shape index (κ1) is 25.5. The summed E-state index contributed by atoms with van der Waals surface area (Å²) < 4.78 is 42.8. The highest BCUT2D eigenvalue weighted by Crippen LogP contribution is 2.58. The molecule has 2 heterocycles. The largest absolute Gasteiger partial charge is 0.574 e. The number of hydrogen-bond donors (Lipinski definition) is 2. The van der Waals surface area contributed by atoms with Gasteiger partial charge in [-0.15, -0.1) is 19.1 Å². The number of carbonyl (C=O) groups is 2. The van der Waals surface area contributed by atoms with Crippen LogP contribution in [-0.4, -0.2) is 49.1 Å². The number of nitrogens with zero attached hydrogens (tertiary/aromatic N) is 4. The second kappa shape index (κ2) is 9.31. The molecule has 5 rings (SSSR count). The Bertz CT molecular complexity index is 1460. The number of carboxylic acid groups (broad SMARTS) is 1. The molecule has 2 saturated carbocycles. The molecular weight excluding hydrogens is 503 g/mol. The third-order valence-corrected chi connectivity index (χ3v) is 7.33. The third-order valence-electron chi connectivity index (χ3n) is 7.33. The van der Waals surface area contributed by atoms with Crippen molar-refractivity contribution in [1.29, 1.82) is 0 Å². The number of carbonyl (C=O) groups excluding carboxylic acids is 1. The Hall–Kier alpha value is -4.14. The Kier molecular flexibility index (Phi) is 6.25. The van der Waals surface area contributed by atoms with Crippen LogP contribution in [0.1, 0.15) is 67.2 Å². The molecule has 12 heteroatoms. The van der Waals surface area contributed by atoms with E-state index < -0.39 is 24.3 Å². The number of alkyl halides is 3. The zero-order valence-corrected chi connectivity index (χ0v) is 20.5. The van der Waals surface area contributed by atoms with Gasteiger partial charge in [-0.2, -0.15) is 5.10 Å². The molecule has 2 aromatic heterocycles. The van der Waals surface area contributed by atoms with Crippen LogP contribution in [-0.2, 0) is 4.79 Å². The fourth-order valence-corrected chi connectivity index (χ4v) is 5.57. The SMILES string of the molecule is CC#Cc1ccc(C(=O)NC2CC3(C2)CC(C(=O)O)C3)c2c1cnn2C(C)c1cnc(OC(F)(F)F)cn1. The number of amides is 1. The summed E-state index contributed by atoms with van der Waals surface area (Å²) >= 11 is 0. The maximum absolute atomic E-state index is 13.4. The van der Waals surface area contributed by atoms with E-state index in [4.69, 9.17) is 5.11 Å². The van der Waals surface area contributed by atoms with Crippen molar-refractivity contribution in [3.05, 3.63) is 47.5 Å². The Balaban J connectivity index is 1.40. The lowest BCUT2D eigenvalue weighted by Crippen LogP contribution is -2.57. The summed E-state index contributed by atoms with van der Waals surface area (Å²) in [7, 11) is 0. The van der Waals surface area contributed by atoms with Crippen molar-refractivity contribution in [3.63, 3.8) is 0 Å². The van der Waals surface area contributed by atoms with Crippen LogP contribution in [0.5, 0.6) is 5.88 Å². The molecule has 1 atom stereocenters. The van der Waals surface area contributed by atoms with Gasteiger partial charge in [0.15, 0.2) is 0 Å². The summed E-state index contributed by atoms with van der Waals surface area (Å²) in [5.74, 6) is 3.81. The summed E-state index contributed by atoms with van der Waals surface area (Å²) in [4.78, 5) is 32.3. The molecule has 2 aliphatic carbocycles. The van der Waals surface area contributed by atoms with E-state index >= 15 is 0 Å². The molecule has 0 bridgehead atoms. The van der Waals surface area contributed by atoms with Crippen molar-refractivity contribution in [2.24, 2.45) is 11.3 Å². The molecule has 3 aromatic rings. The number of rotatable bonds is 6. The summed E-state index contributed by atoms with van der Waals surface area (Å²) in [6.07, 6.45) is 1.53. The molecule has 2 fully saturated rings. The van der Waals surface area contributed by atoms with E-state index in [1.165, 1.54) is 6.20 Å². The Morgan fingerprint density at radius 3 is 2.53 bits per heavy atom. The molecule has 1 unspecified atom stereocenters. The van der Waals surface area contributed by atoms with E-state index in [0.717, 1.165) is 19.0 Å². The van der Waals surface area contributed by atoms with Gasteiger partial charge in [0.25, 0.3) is 5.91 Å². The minimum absolute atomic E-state index is 0.00778. The van der Waals surface area contributed by atoms with Crippen LogP contribution in [0, 0.1) is 23.2 Å². The average molecular weight is 528 g/mol. The zero-order chi connectivity index (χ0) is 27.2. The van der Waals surface area contributed by atoms with Gasteiger partial charge in [0, 0.05) is 17.0 Å². The minimum atomic E-state index is -4.88. The Morgan fingerprint density at radius 2 is 1.92 bits per heavy atom. The number of fused-ring (bicyclic) bond motifs is 1. The van der Waals surface area contributed by atoms with Crippen LogP contribution < -0.4 is 10.1 Å². The average Bonchev–Trinajstić information content (AvgIpc) is 3.24. The summed E-state index contributed by atoms with van der Waals surface area (Å²) in [6, 6.07) is 2.79. The fraction of sp³-hybridized carbons (Fsp3) is 0.423. The predicted octanol–water partition coefficient (Wildman–Crippen LogP) is 4.08. The van der Waals surface area contributed by atoms with Crippen molar-refractivity contribution in [1.82, 2.24) is 25.1 Å². The first-order chi connectivity index (χ1) is 18.0. The van der Waals surface area contributed by atoms with Gasteiger partial charge in [0.05, 0.1) is 47.3 Å². The van der Waals surface area contributed by atoms with Crippen LogP contribution in [0.25, 0.3) is 10.9 Å². The van der Waals surface area contributed by atoms with Crippen molar-refractivity contribution in [2.75, 3.05) is 0 Å². The maximum atomic E-state index is 13.4. The standard InChI is InChI=1S/C26H24F3N5O4/c1-3-4-15-5-6-18(23(35)33-17-9-25(10-17)7-16(8-25)24(36)37)22-19(15)11-32-34(22)14(2)20-12-31-21(13-30-20)38-26(27,28)29/h5-6,11-14,16-17H,7-10H2,1-2H3,(H,33,35)(H,36,37).